The topological polar surface area (TPSA) is 56.7 Å². The third-order valence-corrected chi connectivity index (χ3v) is 8.40. The highest BCUT2D eigenvalue weighted by atomic mass is 16.2. The number of hydrogen-bond donors (Lipinski definition) is 2. The third kappa shape index (κ3) is 2.97. The van der Waals surface area contributed by atoms with Crippen LogP contribution in [0.15, 0.2) is 41.4 Å². The highest BCUT2D eigenvalue weighted by Crippen LogP contribution is 2.51. The van der Waals surface area contributed by atoms with Crippen molar-refractivity contribution < 1.29 is 4.79 Å². The van der Waals surface area contributed by atoms with Crippen LogP contribution in [0.25, 0.3) is 0 Å². The molecule has 3 fully saturated rings. The number of piperidine rings is 1. The molecular formula is C27H32N4O. The lowest BCUT2D eigenvalue weighted by Gasteiger charge is -2.53. The molecule has 0 aromatic heterocycles. The summed E-state index contributed by atoms with van der Waals surface area (Å²) in [7, 11) is 0. The molecule has 3 heterocycles. The lowest BCUT2D eigenvalue weighted by molar-refractivity contribution is -0.138. The fourth-order valence-corrected chi connectivity index (χ4v) is 6.68. The number of rotatable bonds is 1. The van der Waals surface area contributed by atoms with Gasteiger partial charge in [0.15, 0.2) is 0 Å². The summed E-state index contributed by atoms with van der Waals surface area (Å²) in [4.78, 5) is 20.0. The van der Waals surface area contributed by atoms with E-state index in [-0.39, 0.29) is 5.54 Å². The van der Waals surface area contributed by atoms with Crippen LogP contribution in [0.2, 0.25) is 0 Å². The van der Waals surface area contributed by atoms with Gasteiger partial charge in [0.1, 0.15) is 5.84 Å². The van der Waals surface area contributed by atoms with Crippen molar-refractivity contribution in [3.05, 3.63) is 53.1 Å². The molecule has 1 saturated carbocycles. The standard InChI is InChI=1S/C27H32N4O/c1-16-6-4-5-7-21(16)28-26-27(30-23-13-18(3)17(2)12-22(23)29-26)14-19-8-9-24(32)31-11-10-20(15-27)25(19)31/h4-7,12-13,19-20,25,30H,8-11,14-15H2,1-3H3,(H,28,29)/t19-,20+,25-,27+/m1/s1. The van der Waals surface area contributed by atoms with Gasteiger partial charge in [-0.1, -0.05) is 18.2 Å². The maximum Gasteiger partial charge on any atom is 0.222 e. The maximum absolute atomic E-state index is 12.5. The number of amidine groups is 1. The first kappa shape index (κ1) is 19.8. The first-order chi connectivity index (χ1) is 15.4. The first-order valence-corrected chi connectivity index (χ1v) is 12.0. The van der Waals surface area contributed by atoms with Crippen molar-refractivity contribution in [2.24, 2.45) is 16.8 Å². The number of para-hydroxylation sites is 1. The Morgan fingerprint density at radius 1 is 0.969 bits per heavy atom. The van der Waals surface area contributed by atoms with E-state index in [0.29, 0.717) is 30.2 Å². The van der Waals surface area contributed by atoms with E-state index in [1.807, 2.05) is 0 Å². The van der Waals surface area contributed by atoms with Crippen LogP contribution < -0.4 is 10.6 Å². The number of aliphatic imine (C=N–C) groups is 1. The smallest absolute Gasteiger partial charge is 0.222 e. The van der Waals surface area contributed by atoms with Crippen molar-refractivity contribution in [1.82, 2.24) is 4.90 Å². The van der Waals surface area contributed by atoms with Crippen LogP contribution in [-0.2, 0) is 4.79 Å². The molecule has 2 aromatic rings. The average molecular weight is 429 g/mol. The molecular weight excluding hydrogens is 396 g/mol. The van der Waals surface area contributed by atoms with Crippen LogP contribution in [0.1, 0.15) is 48.8 Å². The zero-order chi connectivity index (χ0) is 22.0. The molecule has 2 N–H and O–H groups in total. The predicted molar refractivity (Wildman–Crippen MR) is 130 cm³/mol. The van der Waals surface area contributed by atoms with E-state index in [9.17, 15) is 4.79 Å². The van der Waals surface area contributed by atoms with Crippen LogP contribution in [0, 0.1) is 32.6 Å². The van der Waals surface area contributed by atoms with Gasteiger partial charge >= 0.3 is 0 Å². The van der Waals surface area contributed by atoms with Gasteiger partial charge in [0, 0.05) is 19.0 Å². The maximum atomic E-state index is 12.5. The quantitative estimate of drug-likeness (QED) is 0.645. The molecule has 2 aromatic carbocycles. The number of nitrogens with one attached hydrogen (secondary N) is 2. The summed E-state index contributed by atoms with van der Waals surface area (Å²) in [5.74, 6) is 2.46. The number of nitrogens with zero attached hydrogens (tertiary/aromatic N) is 2. The minimum atomic E-state index is -0.223. The number of anilines is 2. The van der Waals surface area contributed by atoms with Crippen molar-refractivity contribution >= 4 is 28.8 Å². The lowest BCUT2D eigenvalue weighted by Crippen LogP contribution is -2.62. The monoisotopic (exact) mass is 428 g/mol. The van der Waals surface area contributed by atoms with E-state index in [1.165, 1.54) is 22.4 Å². The SMILES string of the molecule is Cc1cc2c(cc1C)N[C@]1(C[C@H]3CCC(=O)N4CC[C@@H](C1)[C@@H]34)C(=Nc1ccccc1C)N2. The van der Waals surface area contributed by atoms with Gasteiger partial charge in [0.05, 0.1) is 22.6 Å². The second-order valence-corrected chi connectivity index (χ2v) is 10.4. The van der Waals surface area contributed by atoms with E-state index < -0.39 is 0 Å². The number of amides is 1. The predicted octanol–water partition coefficient (Wildman–Crippen LogP) is 5.34. The van der Waals surface area contributed by atoms with Crippen LogP contribution >= 0.6 is 0 Å². The Morgan fingerprint density at radius 3 is 2.47 bits per heavy atom. The van der Waals surface area contributed by atoms with Crippen molar-refractivity contribution in [2.75, 3.05) is 17.2 Å². The Labute approximate surface area is 190 Å². The molecule has 5 heteroatoms. The van der Waals surface area contributed by atoms with E-state index in [1.54, 1.807) is 0 Å². The molecule has 1 aliphatic carbocycles. The summed E-state index contributed by atoms with van der Waals surface area (Å²) >= 11 is 0. The summed E-state index contributed by atoms with van der Waals surface area (Å²) in [6.45, 7) is 7.40. The van der Waals surface area contributed by atoms with Crippen molar-refractivity contribution in [2.45, 2.75) is 64.5 Å². The summed E-state index contributed by atoms with van der Waals surface area (Å²) in [6.07, 6.45) is 4.83. The van der Waals surface area contributed by atoms with Gasteiger partial charge in [-0.15, -0.1) is 0 Å². The molecule has 0 bridgehead atoms. The molecule has 4 aliphatic rings. The van der Waals surface area contributed by atoms with Gasteiger partial charge in [-0.2, -0.15) is 0 Å². The largest absolute Gasteiger partial charge is 0.371 e. The molecule has 4 atom stereocenters. The number of carbonyl (C=O) groups is 1. The fourth-order valence-electron chi connectivity index (χ4n) is 6.68. The second kappa shape index (κ2) is 7.09. The van der Waals surface area contributed by atoms with Gasteiger partial charge in [-0.3, -0.25) is 4.79 Å². The number of fused-ring (bicyclic) bond motifs is 1. The van der Waals surface area contributed by atoms with Crippen molar-refractivity contribution in [3.8, 4) is 0 Å². The van der Waals surface area contributed by atoms with Crippen LogP contribution in [0.4, 0.5) is 17.1 Å². The Hall–Kier alpha value is -2.82. The molecule has 5 nitrogen and oxygen atoms in total. The molecule has 1 amide bonds. The minimum absolute atomic E-state index is 0.223. The number of benzene rings is 2. The molecule has 166 valence electrons. The summed E-state index contributed by atoms with van der Waals surface area (Å²) in [5, 5.41) is 7.77. The number of hydrogen-bond acceptors (Lipinski definition) is 3. The molecule has 3 aliphatic heterocycles. The summed E-state index contributed by atoms with van der Waals surface area (Å²) in [5.41, 5.74) is 6.86. The normalized spacial score (nSPS) is 31.8. The van der Waals surface area contributed by atoms with E-state index in [2.05, 4.69) is 72.7 Å². The number of carbonyl (C=O) groups excluding carboxylic acids is 1. The van der Waals surface area contributed by atoms with E-state index in [0.717, 1.165) is 49.4 Å². The van der Waals surface area contributed by atoms with Gasteiger partial charge < -0.3 is 15.5 Å². The molecule has 1 spiro atoms. The second-order valence-electron chi connectivity index (χ2n) is 10.4. The lowest BCUT2D eigenvalue weighted by atomic mass is 9.64. The van der Waals surface area contributed by atoms with E-state index >= 15 is 0 Å². The van der Waals surface area contributed by atoms with Crippen molar-refractivity contribution in [3.63, 3.8) is 0 Å². The minimum Gasteiger partial charge on any atom is -0.371 e. The molecule has 6 rings (SSSR count). The zero-order valence-electron chi connectivity index (χ0n) is 19.2. The first-order valence-electron chi connectivity index (χ1n) is 12.0. The van der Waals surface area contributed by atoms with Crippen LogP contribution in [0.3, 0.4) is 0 Å². The Balaban J connectivity index is 1.47. The zero-order valence-corrected chi connectivity index (χ0v) is 19.2. The summed E-state index contributed by atoms with van der Waals surface area (Å²) < 4.78 is 0. The van der Waals surface area contributed by atoms with Gasteiger partial charge in [0.2, 0.25) is 5.91 Å². The Kier molecular flexibility index (Phi) is 4.40. The van der Waals surface area contributed by atoms with Gasteiger partial charge in [0.25, 0.3) is 0 Å². The summed E-state index contributed by atoms with van der Waals surface area (Å²) in [6, 6.07) is 13.3. The van der Waals surface area contributed by atoms with Gasteiger partial charge in [-0.25, -0.2) is 4.99 Å². The van der Waals surface area contributed by atoms with Crippen LogP contribution in [0.5, 0.6) is 0 Å². The average Bonchev–Trinajstić information content (AvgIpc) is 3.19. The Bertz CT molecular complexity index is 1140. The third-order valence-electron chi connectivity index (χ3n) is 8.40. The fraction of sp³-hybridized carbons (Fsp3) is 0.481. The highest BCUT2D eigenvalue weighted by molar-refractivity contribution is 6.11. The van der Waals surface area contributed by atoms with E-state index in [4.69, 9.17) is 4.99 Å². The number of aryl methyl sites for hydroxylation is 3. The highest BCUT2D eigenvalue weighted by Gasteiger charge is 2.56. The molecule has 32 heavy (non-hydrogen) atoms. The molecule has 0 radical (unpaired) electrons. The van der Waals surface area contributed by atoms with Gasteiger partial charge in [-0.05, 0) is 93.2 Å². The molecule has 0 unspecified atom stereocenters. The van der Waals surface area contributed by atoms with Crippen LogP contribution in [-0.4, -0.2) is 34.8 Å². The molecule has 2 saturated heterocycles. The van der Waals surface area contributed by atoms with Crippen molar-refractivity contribution in [1.29, 1.82) is 0 Å². The Morgan fingerprint density at radius 2 is 1.69 bits per heavy atom.